The van der Waals surface area contributed by atoms with Crippen LogP contribution in [0.1, 0.15) is 4.11 Å². The first-order chi connectivity index (χ1) is 5.04. The molecule has 0 unspecified atom stereocenters. The lowest BCUT2D eigenvalue weighted by Crippen LogP contribution is -2.27. The highest BCUT2D eigenvalue weighted by atomic mass is 16.4. The molecule has 1 rings (SSSR count). The Kier molecular flexibility index (Phi) is 0.684. The Morgan fingerprint density at radius 1 is 1.75 bits per heavy atom. The van der Waals surface area contributed by atoms with Crippen LogP contribution in [0.2, 0.25) is 0 Å². The highest BCUT2D eigenvalue weighted by Crippen LogP contribution is 1.82. The topological polar surface area (TPSA) is 53.6 Å². The van der Waals surface area contributed by atoms with Gasteiger partial charge in [-0.1, -0.05) is 0 Å². The van der Waals surface area contributed by atoms with Crippen LogP contribution in [0.4, 0.5) is 0 Å². The summed E-state index contributed by atoms with van der Waals surface area (Å²) in [6.45, 7) is 0. The average Bonchev–Trinajstić information content (AvgIpc) is 2.17. The Morgan fingerprint density at radius 2 is 2.50 bits per heavy atom. The van der Waals surface area contributed by atoms with Crippen LogP contribution >= 0.6 is 0 Å². The van der Waals surface area contributed by atoms with E-state index in [4.69, 9.17) is 14.2 Å². The van der Waals surface area contributed by atoms with E-state index in [0.29, 0.717) is 0 Å². The maximum absolute atomic E-state index is 8.52. The first-order valence-corrected chi connectivity index (χ1v) is 1.96. The standard InChI is InChI=1S/C4H5BO3/c6-5(7)4-2-1-3-8-4/h1-3,6-7H/i1D,2D,3D. The molecule has 1 aromatic heterocycles. The summed E-state index contributed by atoms with van der Waals surface area (Å²) in [6, 6.07) is -0.891. The van der Waals surface area contributed by atoms with Crippen LogP contribution < -0.4 is 5.66 Å². The molecular weight excluding hydrogens is 107 g/mol. The van der Waals surface area contributed by atoms with Gasteiger partial charge in [-0.25, -0.2) is 0 Å². The molecule has 0 aliphatic rings. The van der Waals surface area contributed by atoms with Gasteiger partial charge in [-0.15, -0.1) is 0 Å². The minimum absolute atomic E-state index is 0.437. The molecule has 0 radical (unpaired) electrons. The van der Waals surface area contributed by atoms with Crippen molar-refractivity contribution in [1.82, 2.24) is 0 Å². The van der Waals surface area contributed by atoms with Crippen molar-refractivity contribution in [1.29, 1.82) is 0 Å². The lowest BCUT2D eigenvalue weighted by molar-refractivity contribution is 0.409. The zero-order valence-electron chi connectivity index (χ0n) is 6.88. The monoisotopic (exact) mass is 115 g/mol. The predicted molar refractivity (Wildman–Crippen MR) is 28.5 cm³/mol. The minimum atomic E-state index is -1.93. The second-order valence-corrected chi connectivity index (χ2v) is 1.19. The van der Waals surface area contributed by atoms with Crippen molar-refractivity contribution in [3.63, 3.8) is 0 Å². The van der Waals surface area contributed by atoms with E-state index in [9.17, 15) is 0 Å². The van der Waals surface area contributed by atoms with Gasteiger partial charge in [-0.2, -0.15) is 0 Å². The zero-order valence-corrected chi connectivity index (χ0v) is 3.88. The molecule has 0 fully saturated rings. The van der Waals surface area contributed by atoms with Gasteiger partial charge in [-0.05, 0) is 12.1 Å². The van der Waals surface area contributed by atoms with E-state index < -0.39 is 31.1 Å². The molecule has 42 valence electrons. The highest BCUT2D eigenvalue weighted by molar-refractivity contribution is 6.56. The van der Waals surface area contributed by atoms with E-state index in [1.165, 1.54) is 0 Å². The molecule has 0 aliphatic carbocycles. The second kappa shape index (κ2) is 2.02. The third-order valence-electron chi connectivity index (χ3n) is 0.632. The summed E-state index contributed by atoms with van der Waals surface area (Å²) in [5.41, 5.74) is -0.458. The van der Waals surface area contributed by atoms with Gasteiger partial charge in [0.05, 0.1) is 8.98 Å². The molecule has 1 aromatic rings. The van der Waals surface area contributed by atoms with Gasteiger partial charge in [0, 0.05) is 0 Å². The Balaban J connectivity index is 3.19. The molecule has 8 heavy (non-hydrogen) atoms. The molecule has 0 bridgehead atoms. The third-order valence-corrected chi connectivity index (χ3v) is 0.632. The molecule has 3 nitrogen and oxygen atoms in total. The van der Waals surface area contributed by atoms with Gasteiger partial charge in [-0.3, -0.25) is 0 Å². The van der Waals surface area contributed by atoms with Gasteiger partial charge >= 0.3 is 7.12 Å². The van der Waals surface area contributed by atoms with Crippen molar-refractivity contribution >= 4 is 12.8 Å². The third kappa shape index (κ3) is 0.909. The summed E-state index contributed by atoms with van der Waals surface area (Å²) < 4.78 is 25.3. The van der Waals surface area contributed by atoms with Crippen LogP contribution in [-0.2, 0) is 0 Å². The van der Waals surface area contributed by atoms with Crippen molar-refractivity contribution in [2.75, 3.05) is 0 Å². The maximum atomic E-state index is 8.52. The van der Waals surface area contributed by atoms with Gasteiger partial charge < -0.3 is 14.5 Å². The maximum Gasteiger partial charge on any atom is 0.526 e. The van der Waals surface area contributed by atoms with Crippen molar-refractivity contribution in [3.8, 4) is 0 Å². The first kappa shape index (κ1) is 2.71. The second-order valence-electron chi connectivity index (χ2n) is 1.19. The summed E-state index contributed by atoms with van der Waals surface area (Å²) >= 11 is 0. The lowest BCUT2D eigenvalue weighted by atomic mass is 9.88. The van der Waals surface area contributed by atoms with Gasteiger partial charge in [0.2, 0.25) is 0 Å². The first-order valence-electron chi connectivity index (χ1n) is 3.46. The molecule has 0 aromatic carbocycles. The molecular formula is C4H5BO3. The Bertz CT molecular complexity index is 272. The normalized spacial score (nSPS) is 14.5. The van der Waals surface area contributed by atoms with Crippen molar-refractivity contribution < 1.29 is 18.6 Å². The molecule has 0 amide bonds. The molecule has 2 N–H and O–H groups in total. The van der Waals surface area contributed by atoms with Crippen LogP contribution in [0.5, 0.6) is 0 Å². The van der Waals surface area contributed by atoms with Gasteiger partial charge in [0.25, 0.3) is 0 Å². The molecule has 1 heterocycles. The minimum Gasteiger partial charge on any atom is -0.473 e. The van der Waals surface area contributed by atoms with E-state index >= 15 is 0 Å². The summed E-state index contributed by atoms with van der Waals surface area (Å²) in [5.74, 6) is 0. The fraction of sp³-hybridized carbons (Fsp3) is 0. The fourth-order valence-electron chi connectivity index (χ4n) is 0.310. The summed E-state index contributed by atoms with van der Waals surface area (Å²) in [4.78, 5) is 0. The van der Waals surface area contributed by atoms with Crippen LogP contribution in [0, 0.1) is 0 Å². The number of furan rings is 1. The molecule has 0 spiro atoms. The number of hydrogen-bond donors (Lipinski definition) is 2. The Hall–Kier alpha value is -0.735. The summed E-state index contributed by atoms with van der Waals surface area (Å²) in [5, 5.41) is 17.0. The Morgan fingerprint density at radius 3 is 2.75 bits per heavy atom. The van der Waals surface area contributed by atoms with E-state index in [1.807, 2.05) is 0 Å². The van der Waals surface area contributed by atoms with Crippen LogP contribution in [0.15, 0.2) is 22.7 Å². The van der Waals surface area contributed by atoms with Crippen LogP contribution in [0.25, 0.3) is 0 Å². The fourth-order valence-corrected chi connectivity index (χ4v) is 0.310. The molecule has 4 heteroatoms. The van der Waals surface area contributed by atoms with E-state index in [-0.39, 0.29) is 0 Å². The van der Waals surface area contributed by atoms with Gasteiger partial charge in [0.15, 0.2) is 0 Å². The average molecular weight is 115 g/mol. The van der Waals surface area contributed by atoms with Gasteiger partial charge in [0.1, 0.15) is 7.03 Å². The van der Waals surface area contributed by atoms with Crippen molar-refractivity contribution in [2.24, 2.45) is 0 Å². The van der Waals surface area contributed by atoms with E-state index in [1.54, 1.807) is 0 Å². The lowest BCUT2D eigenvalue weighted by Gasteiger charge is -1.86. The van der Waals surface area contributed by atoms with Crippen LogP contribution in [0.3, 0.4) is 0 Å². The SMILES string of the molecule is [2H]c1oc(B(O)O)c([2H])c1[2H]. The highest BCUT2D eigenvalue weighted by Gasteiger charge is 2.12. The Labute approximate surface area is 50.9 Å². The number of hydrogen-bond acceptors (Lipinski definition) is 3. The quantitative estimate of drug-likeness (QED) is 0.459. The molecule has 0 atom stereocenters. The van der Waals surface area contributed by atoms with Crippen molar-refractivity contribution in [2.45, 2.75) is 0 Å². The zero-order chi connectivity index (χ0) is 8.59. The summed E-state index contributed by atoms with van der Waals surface area (Å²) in [6.07, 6.45) is -0.530. The molecule has 0 saturated heterocycles. The largest absolute Gasteiger partial charge is 0.526 e. The predicted octanol–water partition coefficient (Wildman–Crippen LogP) is -1.04. The number of rotatable bonds is 1. The smallest absolute Gasteiger partial charge is 0.473 e. The van der Waals surface area contributed by atoms with E-state index in [0.717, 1.165) is 0 Å². The van der Waals surface area contributed by atoms with E-state index in [2.05, 4.69) is 4.42 Å². The van der Waals surface area contributed by atoms with Crippen molar-refractivity contribution in [3.05, 3.63) is 18.3 Å². The van der Waals surface area contributed by atoms with Crippen LogP contribution in [-0.4, -0.2) is 17.2 Å². The molecule has 0 saturated carbocycles. The summed E-state index contributed by atoms with van der Waals surface area (Å²) in [7, 11) is -1.93. The molecule has 0 aliphatic heterocycles.